The van der Waals surface area contributed by atoms with Gasteiger partial charge in [0.15, 0.2) is 5.78 Å². The van der Waals surface area contributed by atoms with Gasteiger partial charge in [0.25, 0.3) is 0 Å². The Morgan fingerprint density at radius 2 is 1.91 bits per heavy atom. The minimum absolute atomic E-state index is 0.151. The van der Waals surface area contributed by atoms with Gasteiger partial charge in [-0.05, 0) is 30.2 Å². The normalized spacial score (nSPS) is 19.0. The van der Waals surface area contributed by atoms with E-state index in [1.54, 1.807) is 0 Å². The highest BCUT2D eigenvalue weighted by atomic mass is 16.1. The first kappa shape index (κ1) is 17.7. The second-order valence-electron chi connectivity index (χ2n) is 6.96. The molecule has 0 radical (unpaired) electrons. The van der Waals surface area contributed by atoms with Crippen LogP contribution in [0.4, 0.5) is 0 Å². The monoisotopic (exact) mass is 311 g/mol. The highest BCUT2D eigenvalue weighted by molar-refractivity contribution is 5.93. The lowest BCUT2D eigenvalue weighted by Crippen LogP contribution is -2.41. The van der Waals surface area contributed by atoms with Gasteiger partial charge >= 0.3 is 0 Å². The molecule has 0 heterocycles. The van der Waals surface area contributed by atoms with Crippen molar-refractivity contribution in [3.8, 4) is 6.07 Å². The van der Waals surface area contributed by atoms with Gasteiger partial charge in [0.05, 0.1) is 6.07 Å². The number of carbonyl (C=O) groups is 1. The lowest BCUT2D eigenvalue weighted by molar-refractivity contribution is -0.125. The Morgan fingerprint density at radius 3 is 2.43 bits per heavy atom. The van der Waals surface area contributed by atoms with Crippen molar-refractivity contribution in [3.05, 3.63) is 35.9 Å². The van der Waals surface area contributed by atoms with Crippen LogP contribution in [0.15, 0.2) is 30.3 Å². The SMILES string of the molecule is CCCC(CC)CC(=O)C(C#N)(c1ccccc1)C1CCCC1. The summed E-state index contributed by atoms with van der Waals surface area (Å²) in [5.74, 6) is 0.741. The number of rotatable bonds is 8. The summed E-state index contributed by atoms with van der Waals surface area (Å²) in [5.41, 5.74) is -0.0235. The van der Waals surface area contributed by atoms with E-state index in [1.807, 2.05) is 30.3 Å². The number of nitriles is 1. The highest BCUT2D eigenvalue weighted by Crippen LogP contribution is 2.44. The third-order valence-electron chi connectivity index (χ3n) is 5.56. The van der Waals surface area contributed by atoms with Crippen LogP contribution < -0.4 is 0 Å². The van der Waals surface area contributed by atoms with E-state index in [0.29, 0.717) is 12.3 Å². The van der Waals surface area contributed by atoms with Crippen LogP contribution >= 0.6 is 0 Å². The summed E-state index contributed by atoms with van der Waals surface area (Å²) in [6, 6.07) is 12.3. The summed E-state index contributed by atoms with van der Waals surface area (Å²) in [5, 5.41) is 10.1. The van der Waals surface area contributed by atoms with E-state index in [2.05, 4.69) is 19.9 Å². The van der Waals surface area contributed by atoms with Crippen LogP contribution in [0.3, 0.4) is 0 Å². The molecule has 0 N–H and O–H groups in total. The molecule has 1 saturated carbocycles. The molecule has 2 unspecified atom stereocenters. The van der Waals surface area contributed by atoms with Crippen LogP contribution in [0.25, 0.3) is 0 Å². The molecule has 0 amide bonds. The molecule has 1 aliphatic rings. The predicted octanol–water partition coefficient (Wildman–Crippen LogP) is 5.42. The average Bonchev–Trinajstić information content (AvgIpc) is 3.11. The van der Waals surface area contributed by atoms with Crippen LogP contribution in [-0.4, -0.2) is 5.78 Å². The van der Waals surface area contributed by atoms with Gasteiger partial charge in [-0.2, -0.15) is 5.26 Å². The van der Waals surface area contributed by atoms with Crippen molar-refractivity contribution in [2.24, 2.45) is 11.8 Å². The van der Waals surface area contributed by atoms with E-state index in [9.17, 15) is 10.1 Å². The highest BCUT2D eigenvalue weighted by Gasteiger charge is 2.48. The third-order valence-corrected chi connectivity index (χ3v) is 5.56. The van der Waals surface area contributed by atoms with Gasteiger partial charge in [0, 0.05) is 6.42 Å². The second-order valence-corrected chi connectivity index (χ2v) is 6.96. The quantitative estimate of drug-likeness (QED) is 0.643. The summed E-state index contributed by atoms with van der Waals surface area (Å²) in [6.07, 6.45) is 8.01. The third kappa shape index (κ3) is 3.66. The number of ketones is 1. The Kier molecular flexibility index (Phi) is 6.39. The van der Waals surface area contributed by atoms with Gasteiger partial charge < -0.3 is 0 Å². The van der Waals surface area contributed by atoms with Crippen molar-refractivity contribution >= 4 is 5.78 Å². The Bertz CT molecular complexity index is 539. The zero-order chi connectivity index (χ0) is 16.7. The molecule has 1 aromatic carbocycles. The molecule has 2 atom stereocenters. The van der Waals surface area contributed by atoms with Gasteiger partial charge in [0.2, 0.25) is 0 Å². The van der Waals surface area contributed by atoms with Crippen molar-refractivity contribution in [3.63, 3.8) is 0 Å². The summed E-state index contributed by atoms with van der Waals surface area (Å²) in [7, 11) is 0. The van der Waals surface area contributed by atoms with E-state index in [0.717, 1.165) is 50.5 Å². The minimum Gasteiger partial charge on any atom is -0.297 e. The number of Topliss-reactive ketones (excluding diaryl/α,β-unsaturated/α-hetero) is 1. The first-order chi connectivity index (χ1) is 11.2. The summed E-state index contributed by atoms with van der Waals surface area (Å²) >= 11 is 0. The molecular formula is C21H29NO. The van der Waals surface area contributed by atoms with Crippen LogP contribution in [0.1, 0.15) is 70.8 Å². The molecule has 0 aliphatic heterocycles. The lowest BCUT2D eigenvalue weighted by Gasteiger charge is -2.33. The molecule has 0 aromatic heterocycles. The molecular weight excluding hydrogens is 282 g/mol. The number of hydrogen-bond donors (Lipinski definition) is 0. The fourth-order valence-electron chi connectivity index (χ4n) is 4.18. The van der Waals surface area contributed by atoms with E-state index in [-0.39, 0.29) is 11.7 Å². The number of hydrogen-bond acceptors (Lipinski definition) is 2. The second kappa shape index (κ2) is 8.29. The maximum atomic E-state index is 13.3. The fourth-order valence-corrected chi connectivity index (χ4v) is 4.18. The Labute approximate surface area is 140 Å². The lowest BCUT2D eigenvalue weighted by atomic mass is 9.65. The van der Waals surface area contributed by atoms with Gasteiger partial charge in [-0.25, -0.2) is 0 Å². The maximum Gasteiger partial charge on any atom is 0.158 e. The standard InChI is InChI=1S/C21H29NO/c1-3-10-17(4-2)15-20(23)21(16-22,19-13-8-9-14-19)18-11-6-5-7-12-18/h5-7,11-12,17,19H,3-4,8-10,13-15H2,1-2H3. The van der Waals surface area contributed by atoms with Crippen LogP contribution in [0, 0.1) is 23.2 Å². The summed E-state index contributed by atoms with van der Waals surface area (Å²) in [4.78, 5) is 13.3. The molecule has 2 rings (SSSR count). The fraction of sp³-hybridized carbons (Fsp3) is 0.619. The Hall–Kier alpha value is -1.62. The molecule has 1 aromatic rings. The molecule has 0 spiro atoms. The average molecular weight is 311 g/mol. The zero-order valence-electron chi connectivity index (χ0n) is 14.6. The molecule has 1 aliphatic carbocycles. The smallest absolute Gasteiger partial charge is 0.158 e. The maximum absolute atomic E-state index is 13.3. The van der Waals surface area contributed by atoms with E-state index >= 15 is 0 Å². The largest absolute Gasteiger partial charge is 0.297 e. The van der Waals surface area contributed by atoms with Crippen molar-refractivity contribution in [2.45, 2.75) is 70.6 Å². The first-order valence-electron chi connectivity index (χ1n) is 9.19. The van der Waals surface area contributed by atoms with Gasteiger partial charge in [-0.3, -0.25) is 4.79 Å². The van der Waals surface area contributed by atoms with E-state index < -0.39 is 5.41 Å². The molecule has 2 heteroatoms. The van der Waals surface area contributed by atoms with Crippen molar-refractivity contribution in [1.29, 1.82) is 5.26 Å². The number of carbonyl (C=O) groups excluding carboxylic acids is 1. The molecule has 1 fully saturated rings. The van der Waals surface area contributed by atoms with Crippen LogP contribution in [0.5, 0.6) is 0 Å². The number of nitrogens with zero attached hydrogens (tertiary/aromatic N) is 1. The van der Waals surface area contributed by atoms with Gasteiger partial charge in [-0.15, -0.1) is 0 Å². The van der Waals surface area contributed by atoms with Gasteiger partial charge in [-0.1, -0.05) is 76.3 Å². The van der Waals surface area contributed by atoms with Crippen molar-refractivity contribution in [2.75, 3.05) is 0 Å². The first-order valence-corrected chi connectivity index (χ1v) is 9.19. The minimum atomic E-state index is -0.932. The van der Waals surface area contributed by atoms with Crippen molar-refractivity contribution in [1.82, 2.24) is 0 Å². The van der Waals surface area contributed by atoms with Crippen molar-refractivity contribution < 1.29 is 4.79 Å². The molecule has 124 valence electrons. The number of benzene rings is 1. The molecule has 0 saturated heterocycles. The molecule has 0 bridgehead atoms. The van der Waals surface area contributed by atoms with E-state index in [1.165, 1.54) is 0 Å². The predicted molar refractivity (Wildman–Crippen MR) is 94.0 cm³/mol. The molecule has 23 heavy (non-hydrogen) atoms. The summed E-state index contributed by atoms with van der Waals surface area (Å²) < 4.78 is 0. The topological polar surface area (TPSA) is 40.9 Å². The Morgan fingerprint density at radius 1 is 1.26 bits per heavy atom. The van der Waals surface area contributed by atoms with Crippen LogP contribution in [0.2, 0.25) is 0 Å². The Balaban J connectivity index is 2.36. The summed E-state index contributed by atoms with van der Waals surface area (Å²) in [6.45, 7) is 4.32. The molecule has 2 nitrogen and oxygen atoms in total. The van der Waals surface area contributed by atoms with Crippen LogP contribution in [-0.2, 0) is 10.2 Å². The zero-order valence-corrected chi connectivity index (χ0v) is 14.6. The van der Waals surface area contributed by atoms with Gasteiger partial charge in [0.1, 0.15) is 5.41 Å². The van der Waals surface area contributed by atoms with E-state index in [4.69, 9.17) is 0 Å².